The molecule has 1 N–H and O–H groups in total. The van der Waals surface area contributed by atoms with Crippen LogP contribution in [0.1, 0.15) is 52.6 Å². The van der Waals surface area contributed by atoms with Crippen molar-refractivity contribution in [3.05, 3.63) is 29.8 Å². The van der Waals surface area contributed by atoms with Gasteiger partial charge in [-0.3, -0.25) is 4.90 Å². The van der Waals surface area contributed by atoms with E-state index in [1.54, 1.807) is 7.11 Å². The molecule has 21 heavy (non-hydrogen) atoms. The topological polar surface area (TPSA) is 24.5 Å². The summed E-state index contributed by atoms with van der Waals surface area (Å²) in [6, 6.07) is 9.13. The number of hydrogen-bond donors (Lipinski definition) is 1. The lowest BCUT2D eigenvalue weighted by atomic mass is 9.92. The minimum Gasteiger partial charge on any atom is -0.497 e. The Bertz CT molecular complexity index is 414. The maximum absolute atomic E-state index is 5.26. The van der Waals surface area contributed by atoms with Crippen molar-refractivity contribution in [1.82, 2.24) is 10.2 Å². The lowest BCUT2D eigenvalue weighted by molar-refractivity contribution is 0.0836. The number of nitrogens with one attached hydrogen (secondary N) is 1. The molecule has 1 aromatic rings. The summed E-state index contributed by atoms with van der Waals surface area (Å²) >= 11 is 0. The standard InChI is InChI=1S/C18H32N2O/c1-8-18(4,5)20(6)14(3)17(19-9-2)15-10-12-16(21-7)13-11-15/h10-14,17,19H,8-9H2,1-7H3. The van der Waals surface area contributed by atoms with Crippen LogP contribution in [-0.4, -0.2) is 37.2 Å². The molecule has 0 heterocycles. The Morgan fingerprint density at radius 2 is 1.76 bits per heavy atom. The van der Waals surface area contributed by atoms with Crippen LogP contribution >= 0.6 is 0 Å². The fraction of sp³-hybridized carbons (Fsp3) is 0.667. The van der Waals surface area contributed by atoms with Crippen molar-refractivity contribution in [2.75, 3.05) is 20.7 Å². The molecule has 3 heteroatoms. The van der Waals surface area contributed by atoms with Gasteiger partial charge < -0.3 is 10.1 Å². The average Bonchev–Trinajstić information content (AvgIpc) is 2.51. The van der Waals surface area contributed by atoms with E-state index in [-0.39, 0.29) is 5.54 Å². The van der Waals surface area contributed by atoms with Crippen LogP contribution in [0, 0.1) is 0 Å². The molecule has 0 aliphatic rings. The van der Waals surface area contributed by atoms with E-state index in [0.717, 1.165) is 18.7 Å². The Morgan fingerprint density at radius 1 is 1.19 bits per heavy atom. The van der Waals surface area contributed by atoms with Crippen LogP contribution in [0.2, 0.25) is 0 Å². The molecule has 0 radical (unpaired) electrons. The van der Waals surface area contributed by atoms with Gasteiger partial charge in [0.1, 0.15) is 5.75 Å². The molecule has 0 aliphatic heterocycles. The van der Waals surface area contributed by atoms with Crippen molar-refractivity contribution in [2.45, 2.75) is 58.7 Å². The first-order valence-electron chi connectivity index (χ1n) is 7.97. The maximum atomic E-state index is 5.26. The van der Waals surface area contributed by atoms with Crippen molar-refractivity contribution < 1.29 is 4.74 Å². The lowest BCUT2D eigenvalue weighted by Gasteiger charge is -2.43. The normalized spacial score (nSPS) is 15.0. The third-order valence-electron chi connectivity index (χ3n) is 4.81. The average molecular weight is 292 g/mol. The minimum absolute atomic E-state index is 0.194. The van der Waals surface area contributed by atoms with Gasteiger partial charge in [-0.2, -0.15) is 0 Å². The second-order valence-corrected chi connectivity index (χ2v) is 6.33. The molecule has 2 atom stereocenters. The van der Waals surface area contributed by atoms with Crippen molar-refractivity contribution in [3.63, 3.8) is 0 Å². The highest BCUT2D eigenvalue weighted by Gasteiger charge is 2.30. The molecule has 0 saturated carbocycles. The third-order valence-corrected chi connectivity index (χ3v) is 4.81. The number of methoxy groups -OCH3 is 1. The fourth-order valence-corrected chi connectivity index (χ4v) is 2.62. The van der Waals surface area contributed by atoms with Crippen LogP contribution in [0.25, 0.3) is 0 Å². The van der Waals surface area contributed by atoms with E-state index in [1.807, 2.05) is 12.1 Å². The Morgan fingerprint density at radius 3 is 2.19 bits per heavy atom. The van der Waals surface area contributed by atoms with Gasteiger partial charge in [-0.1, -0.05) is 26.0 Å². The fourth-order valence-electron chi connectivity index (χ4n) is 2.62. The van der Waals surface area contributed by atoms with E-state index in [9.17, 15) is 0 Å². The maximum Gasteiger partial charge on any atom is 0.118 e. The van der Waals surface area contributed by atoms with E-state index in [1.165, 1.54) is 5.56 Å². The largest absolute Gasteiger partial charge is 0.497 e. The van der Waals surface area contributed by atoms with Gasteiger partial charge >= 0.3 is 0 Å². The summed E-state index contributed by atoms with van der Waals surface area (Å²) in [6.45, 7) is 12.3. The quantitative estimate of drug-likeness (QED) is 0.787. The van der Waals surface area contributed by atoms with Crippen LogP contribution in [0.4, 0.5) is 0 Å². The zero-order chi connectivity index (χ0) is 16.0. The molecule has 120 valence electrons. The monoisotopic (exact) mass is 292 g/mol. The number of benzene rings is 1. The zero-order valence-corrected chi connectivity index (χ0v) is 14.7. The lowest BCUT2D eigenvalue weighted by Crippen LogP contribution is -2.50. The second kappa shape index (κ2) is 7.81. The van der Waals surface area contributed by atoms with Crippen molar-refractivity contribution in [1.29, 1.82) is 0 Å². The van der Waals surface area contributed by atoms with Crippen LogP contribution in [0.3, 0.4) is 0 Å². The summed E-state index contributed by atoms with van der Waals surface area (Å²) < 4.78 is 5.26. The number of hydrogen-bond acceptors (Lipinski definition) is 3. The number of likely N-dealkylation sites (N-methyl/N-ethyl adjacent to an activating group) is 2. The molecule has 2 unspecified atom stereocenters. The van der Waals surface area contributed by atoms with Crippen molar-refractivity contribution in [3.8, 4) is 5.75 Å². The molecule has 0 saturated heterocycles. The van der Waals surface area contributed by atoms with Gasteiger partial charge in [0, 0.05) is 17.6 Å². The summed E-state index contributed by atoms with van der Waals surface area (Å²) in [4.78, 5) is 2.48. The number of ether oxygens (including phenoxy) is 1. The molecular weight excluding hydrogens is 260 g/mol. The highest BCUT2D eigenvalue weighted by Crippen LogP contribution is 2.28. The predicted molar refractivity (Wildman–Crippen MR) is 91.0 cm³/mol. The van der Waals surface area contributed by atoms with Crippen molar-refractivity contribution >= 4 is 0 Å². The van der Waals surface area contributed by atoms with Crippen LogP contribution in [0.15, 0.2) is 24.3 Å². The second-order valence-electron chi connectivity index (χ2n) is 6.33. The Kier molecular flexibility index (Phi) is 6.69. The summed E-state index contributed by atoms with van der Waals surface area (Å²) in [7, 11) is 3.93. The first kappa shape index (κ1) is 18.0. The predicted octanol–water partition coefficient (Wildman–Crippen LogP) is 3.85. The third kappa shape index (κ3) is 4.45. The van der Waals surface area contributed by atoms with E-state index in [4.69, 9.17) is 4.74 Å². The minimum atomic E-state index is 0.194. The Balaban J connectivity index is 2.98. The Labute approximate surface area is 130 Å². The van der Waals surface area contributed by atoms with Crippen molar-refractivity contribution in [2.24, 2.45) is 0 Å². The van der Waals surface area contributed by atoms with Gasteiger partial charge in [-0.05, 0) is 58.5 Å². The zero-order valence-electron chi connectivity index (χ0n) is 14.7. The summed E-state index contributed by atoms with van der Waals surface area (Å²) in [5.41, 5.74) is 1.50. The van der Waals surface area contributed by atoms with Crippen LogP contribution in [0.5, 0.6) is 5.75 Å². The molecule has 1 aromatic carbocycles. The highest BCUT2D eigenvalue weighted by atomic mass is 16.5. The van der Waals surface area contributed by atoms with E-state index < -0.39 is 0 Å². The first-order valence-corrected chi connectivity index (χ1v) is 7.97. The first-order chi connectivity index (χ1) is 9.87. The molecule has 0 fully saturated rings. The van der Waals surface area contributed by atoms with E-state index in [2.05, 4.69) is 64.0 Å². The summed E-state index contributed by atoms with van der Waals surface area (Å²) in [5, 5.41) is 3.63. The van der Waals surface area contributed by atoms with Gasteiger partial charge in [0.25, 0.3) is 0 Å². The SMILES string of the molecule is CCNC(c1ccc(OC)cc1)C(C)N(C)C(C)(C)CC. The molecular formula is C18H32N2O. The van der Waals surface area contributed by atoms with E-state index >= 15 is 0 Å². The number of rotatable bonds is 8. The molecule has 0 aliphatic carbocycles. The molecule has 1 rings (SSSR count). The van der Waals surface area contributed by atoms with Crippen LogP contribution < -0.4 is 10.1 Å². The van der Waals surface area contributed by atoms with Gasteiger partial charge in [0.2, 0.25) is 0 Å². The molecule has 0 amide bonds. The van der Waals surface area contributed by atoms with Gasteiger partial charge in [-0.25, -0.2) is 0 Å². The molecule has 0 spiro atoms. The smallest absolute Gasteiger partial charge is 0.118 e. The van der Waals surface area contributed by atoms with Gasteiger partial charge in [0.05, 0.1) is 7.11 Å². The van der Waals surface area contributed by atoms with Gasteiger partial charge in [0.15, 0.2) is 0 Å². The summed E-state index contributed by atoms with van der Waals surface area (Å²) in [5.74, 6) is 0.906. The molecule has 3 nitrogen and oxygen atoms in total. The summed E-state index contributed by atoms with van der Waals surface area (Å²) in [6.07, 6.45) is 1.13. The highest BCUT2D eigenvalue weighted by molar-refractivity contribution is 5.30. The number of nitrogens with zero attached hydrogens (tertiary/aromatic N) is 1. The molecule has 0 bridgehead atoms. The van der Waals surface area contributed by atoms with Crippen LogP contribution in [-0.2, 0) is 0 Å². The van der Waals surface area contributed by atoms with Gasteiger partial charge in [-0.15, -0.1) is 0 Å². The van der Waals surface area contributed by atoms with E-state index in [0.29, 0.717) is 12.1 Å². The molecule has 0 aromatic heterocycles. The Hall–Kier alpha value is -1.06.